The minimum atomic E-state index is 0.518. The van der Waals surface area contributed by atoms with Crippen molar-refractivity contribution in [2.45, 2.75) is 52.5 Å². The largest absolute Gasteiger partial charge is 0.358 e. The minimum absolute atomic E-state index is 0.518. The van der Waals surface area contributed by atoms with Crippen molar-refractivity contribution >= 4 is 46.5 Å². The predicted molar refractivity (Wildman–Crippen MR) is 142 cm³/mol. The van der Waals surface area contributed by atoms with Crippen LogP contribution in [0, 0.1) is 11.8 Å². The van der Waals surface area contributed by atoms with E-state index in [2.05, 4.69) is 40.3 Å². The fourth-order valence-corrected chi connectivity index (χ4v) is 5.17. The lowest BCUT2D eigenvalue weighted by Gasteiger charge is -2.36. The highest BCUT2D eigenvalue weighted by atomic mass is 35.5. The maximum Gasteiger partial charge on any atom is 0.232 e. The molecular weight excluding hydrogens is 452 g/mol. The second-order valence-electron chi connectivity index (χ2n) is 9.59. The van der Waals surface area contributed by atoms with Crippen LogP contribution in [0.25, 0.3) is 0 Å². The second-order valence-corrected chi connectivity index (χ2v) is 10.4. The van der Waals surface area contributed by atoms with Crippen molar-refractivity contribution in [2.75, 3.05) is 41.3 Å². The van der Waals surface area contributed by atoms with Crippen LogP contribution in [-0.2, 0) is 6.54 Å². The summed E-state index contributed by atoms with van der Waals surface area (Å²) >= 11 is 11.5. The summed E-state index contributed by atoms with van der Waals surface area (Å²) in [6.45, 7) is 9.41. The van der Waals surface area contributed by atoms with Gasteiger partial charge in [-0.2, -0.15) is 9.97 Å². The third kappa shape index (κ3) is 6.93. The SMILES string of the molecule is C[C@@H]1C[C@@H](C)CN(c2cc(N3CCCCCC3)nc(NC(=S)NCc3ccc(Cl)cc3)n2)C1. The topological polar surface area (TPSA) is 56.3 Å². The lowest BCUT2D eigenvalue weighted by molar-refractivity contribution is 0.355. The van der Waals surface area contributed by atoms with Crippen molar-refractivity contribution in [2.24, 2.45) is 11.8 Å². The highest BCUT2D eigenvalue weighted by Crippen LogP contribution is 2.29. The standard InChI is InChI=1S/C25H35ClN6S/c1-18-13-19(2)17-32(16-18)23-14-22(31-11-5-3-4-6-12-31)28-24(29-23)30-25(33)27-15-20-7-9-21(26)10-8-20/h7-10,14,18-19H,3-6,11-13,15-17H2,1-2H3,(H2,27,28,29,30,33)/t18-,19-/m1/s1. The Morgan fingerprint density at radius 1 is 0.970 bits per heavy atom. The van der Waals surface area contributed by atoms with Crippen LogP contribution in [0.4, 0.5) is 17.6 Å². The van der Waals surface area contributed by atoms with Gasteiger partial charge < -0.3 is 20.4 Å². The van der Waals surface area contributed by atoms with Crippen molar-refractivity contribution in [3.05, 3.63) is 40.9 Å². The zero-order valence-corrected chi connectivity index (χ0v) is 21.3. The predicted octanol–water partition coefficient (Wildman–Crippen LogP) is 5.48. The molecule has 0 saturated carbocycles. The zero-order chi connectivity index (χ0) is 23.2. The van der Waals surface area contributed by atoms with E-state index >= 15 is 0 Å². The molecule has 4 rings (SSSR count). The minimum Gasteiger partial charge on any atom is -0.358 e. The molecule has 2 fully saturated rings. The Morgan fingerprint density at radius 3 is 2.21 bits per heavy atom. The molecule has 0 spiro atoms. The van der Waals surface area contributed by atoms with E-state index in [1.54, 1.807) is 0 Å². The normalized spacial score (nSPS) is 21.4. The van der Waals surface area contributed by atoms with Gasteiger partial charge in [0.05, 0.1) is 0 Å². The van der Waals surface area contributed by atoms with Gasteiger partial charge in [-0.25, -0.2) is 0 Å². The second kappa shape index (κ2) is 11.3. The summed E-state index contributed by atoms with van der Waals surface area (Å²) in [6.07, 6.45) is 6.27. The smallest absolute Gasteiger partial charge is 0.232 e. The number of anilines is 3. The van der Waals surface area contributed by atoms with Crippen molar-refractivity contribution in [1.82, 2.24) is 15.3 Å². The monoisotopic (exact) mass is 486 g/mol. The summed E-state index contributed by atoms with van der Waals surface area (Å²) in [7, 11) is 0. The molecule has 1 aromatic heterocycles. The zero-order valence-electron chi connectivity index (χ0n) is 19.7. The number of nitrogens with one attached hydrogen (secondary N) is 2. The van der Waals surface area contributed by atoms with Crippen LogP contribution in [0.15, 0.2) is 30.3 Å². The first-order valence-electron chi connectivity index (χ1n) is 12.1. The van der Waals surface area contributed by atoms with Crippen LogP contribution < -0.4 is 20.4 Å². The Balaban J connectivity index is 1.51. The quantitative estimate of drug-likeness (QED) is 0.542. The fraction of sp³-hybridized carbons (Fsp3) is 0.560. The number of hydrogen-bond donors (Lipinski definition) is 2. The van der Waals surface area contributed by atoms with E-state index < -0.39 is 0 Å². The molecule has 0 aliphatic carbocycles. The third-order valence-corrected chi connectivity index (χ3v) is 6.91. The summed E-state index contributed by atoms with van der Waals surface area (Å²) in [6, 6.07) is 9.92. The Hall–Kier alpha value is -2.12. The third-order valence-electron chi connectivity index (χ3n) is 6.41. The number of nitrogens with zero attached hydrogens (tertiary/aromatic N) is 4. The van der Waals surface area contributed by atoms with E-state index in [-0.39, 0.29) is 0 Å². The number of piperidine rings is 1. The summed E-state index contributed by atoms with van der Waals surface area (Å²) in [5, 5.41) is 7.74. The van der Waals surface area contributed by atoms with Gasteiger partial charge in [0.1, 0.15) is 11.6 Å². The molecule has 33 heavy (non-hydrogen) atoms. The van der Waals surface area contributed by atoms with Gasteiger partial charge in [0.15, 0.2) is 5.11 Å². The van der Waals surface area contributed by atoms with Crippen LogP contribution in [0.1, 0.15) is 51.5 Å². The highest BCUT2D eigenvalue weighted by Gasteiger charge is 2.24. The number of aromatic nitrogens is 2. The van der Waals surface area contributed by atoms with Crippen LogP contribution in [0.5, 0.6) is 0 Å². The van der Waals surface area contributed by atoms with E-state index in [0.29, 0.717) is 29.4 Å². The van der Waals surface area contributed by atoms with Gasteiger partial charge in [-0.3, -0.25) is 0 Å². The first-order valence-corrected chi connectivity index (χ1v) is 12.9. The molecule has 178 valence electrons. The molecule has 8 heteroatoms. The average molecular weight is 487 g/mol. The van der Waals surface area contributed by atoms with Crippen molar-refractivity contribution in [3.8, 4) is 0 Å². The van der Waals surface area contributed by atoms with Crippen molar-refractivity contribution < 1.29 is 0 Å². The maximum absolute atomic E-state index is 5.98. The van der Waals surface area contributed by atoms with Gasteiger partial charge in [0.2, 0.25) is 5.95 Å². The van der Waals surface area contributed by atoms with Crippen LogP contribution in [0.2, 0.25) is 5.02 Å². The molecule has 2 aliphatic heterocycles. The Labute approximate surface area is 208 Å². The lowest BCUT2D eigenvalue weighted by atomic mass is 9.92. The van der Waals surface area contributed by atoms with Crippen LogP contribution in [0.3, 0.4) is 0 Å². The van der Waals surface area contributed by atoms with Crippen molar-refractivity contribution in [3.63, 3.8) is 0 Å². The van der Waals surface area contributed by atoms with Crippen molar-refractivity contribution in [1.29, 1.82) is 0 Å². The van der Waals surface area contributed by atoms with E-state index in [1.165, 1.54) is 32.1 Å². The molecule has 2 saturated heterocycles. The van der Waals surface area contributed by atoms with Gasteiger partial charge in [-0.05, 0) is 61.0 Å². The Bertz CT molecular complexity index is 919. The molecule has 1 aromatic carbocycles. The number of thiocarbonyl (C=S) groups is 1. The molecule has 0 amide bonds. The van der Waals surface area contributed by atoms with E-state index in [9.17, 15) is 0 Å². The maximum atomic E-state index is 5.98. The molecule has 3 heterocycles. The van der Waals surface area contributed by atoms with Gasteiger partial charge in [-0.1, -0.05) is 50.4 Å². The first-order chi connectivity index (χ1) is 16.0. The van der Waals surface area contributed by atoms with Gasteiger partial charge >= 0.3 is 0 Å². The Kier molecular flexibility index (Phi) is 8.25. The molecule has 2 N–H and O–H groups in total. The average Bonchev–Trinajstić information content (AvgIpc) is 3.08. The van der Waals surface area contributed by atoms with E-state index in [4.69, 9.17) is 33.8 Å². The number of halogens is 1. The molecular formula is C25H35ClN6S. The number of benzene rings is 1. The summed E-state index contributed by atoms with van der Waals surface area (Å²) in [5.41, 5.74) is 1.11. The van der Waals surface area contributed by atoms with Crippen LogP contribution in [-0.4, -0.2) is 41.3 Å². The van der Waals surface area contributed by atoms with Gasteiger partial charge in [-0.15, -0.1) is 0 Å². The molecule has 2 aliphatic rings. The summed E-state index contributed by atoms with van der Waals surface area (Å²) in [5.74, 6) is 3.86. The lowest BCUT2D eigenvalue weighted by Crippen LogP contribution is -2.39. The van der Waals surface area contributed by atoms with Gasteiger partial charge in [0.25, 0.3) is 0 Å². The van der Waals surface area contributed by atoms with Gasteiger partial charge in [0, 0.05) is 43.8 Å². The molecule has 2 aromatic rings. The summed E-state index contributed by atoms with van der Waals surface area (Å²) in [4.78, 5) is 14.6. The van der Waals surface area contributed by atoms with E-state index in [0.717, 1.165) is 48.4 Å². The number of hydrogen-bond acceptors (Lipinski definition) is 5. The molecule has 2 atom stereocenters. The first kappa shape index (κ1) is 24.0. The van der Waals surface area contributed by atoms with E-state index in [1.807, 2.05) is 24.3 Å². The number of rotatable bonds is 5. The summed E-state index contributed by atoms with van der Waals surface area (Å²) < 4.78 is 0. The molecule has 6 nitrogen and oxygen atoms in total. The molecule has 0 unspecified atom stereocenters. The van der Waals surface area contributed by atoms with Crippen LogP contribution >= 0.6 is 23.8 Å². The highest BCUT2D eigenvalue weighted by molar-refractivity contribution is 7.80. The molecule has 0 radical (unpaired) electrons. The molecule has 0 bridgehead atoms. The Morgan fingerprint density at radius 2 is 1.58 bits per heavy atom. The fourth-order valence-electron chi connectivity index (χ4n) is 4.88.